The van der Waals surface area contributed by atoms with Crippen LogP contribution in [0.1, 0.15) is 0 Å². The van der Waals surface area contributed by atoms with Crippen LogP contribution in [0.15, 0.2) is 30.3 Å². The fraction of sp³-hybridized carbons (Fsp3) is 0. The number of rotatable bonds is 0. The molecule has 0 atom stereocenters. The molecule has 0 aliphatic rings. The molecular formula is C6H7NNi. The summed E-state index contributed by atoms with van der Waals surface area (Å²) in [7, 11) is 0. The Hall–Kier alpha value is -0.486. The molecule has 1 aromatic rings. The summed E-state index contributed by atoms with van der Waals surface area (Å²) in [6.45, 7) is 0. The second kappa shape index (κ2) is 3.51. The molecular weight excluding hydrogens is 145 g/mol. The molecule has 2 N–H and O–H groups in total. The van der Waals surface area contributed by atoms with Crippen molar-refractivity contribution in [3.63, 3.8) is 0 Å². The number of para-hydroxylation sites is 1. The Kier molecular flexibility index (Phi) is 3.29. The zero-order valence-electron chi connectivity index (χ0n) is 4.28. The Morgan fingerprint density at radius 1 is 1.00 bits per heavy atom. The van der Waals surface area contributed by atoms with Crippen LogP contribution in [0.5, 0.6) is 0 Å². The van der Waals surface area contributed by atoms with E-state index in [1.54, 1.807) is 0 Å². The summed E-state index contributed by atoms with van der Waals surface area (Å²) in [4.78, 5) is 0. The third kappa shape index (κ3) is 1.99. The van der Waals surface area contributed by atoms with E-state index in [9.17, 15) is 0 Å². The van der Waals surface area contributed by atoms with Gasteiger partial charge in [0.05, 0.1) is 0 Å². The average molecular weight is 152 g/mol. The van der Waals surface area contributed by atoms with Crippen LogP contribution < -0.4 is 5.73 Å². The normalized spacial score (nSPS) is 7.50. The SMILES string of the molecule is Nc1ccccc1.[Ni]. The number of hydrogen-bond donors (Lipinski definition) is 1. The summed E-state index contributed by atoms with van der Waals surface area (Å²) < 4.78 is 0. The van der Waals surface area contributed by atoms with Gasteiger partial charge in [-0.1, -0.05) is 18.2 Å². The molecule has 0 spiro atoms. The van der Waals surface area contributed by atoms with E-state index in [1.807, 2.05) is 30.3 Å². The first-order valence-corrected chi connectivity index (χ1v) is 2.20. The second-order valence-electron chi connectivity index (χ2n) is 1.41. The van der Waals surface area contributed by atoms with Gasteiger partial charge in [-0.05, 0) is 12.1 Å². The maximum atomic E-state index is 5.36. The van der Waals surface area contributed by atoms with Gasteiger partial charge in [0.1, 0.15) is 0 Å². The molecule has 0 radical (unpaired) electrons. The molecule has 8 heavy (non-hydrogen) atoms. The van der Waals surface area contributed by atoms with Crippen molar-refractivity contribution in [1.29, 1.82) is 0 Å². The van der Waals surface area contributed by atoms with Crippen molar-refractivity contribution in [3.8, 4) is 0 Å². The Bertz CT molecular complexity index is 138. The van der Waals surface area contributed by atoms with Gasteiger partial charge in [-0.3, -0.25) is 0 Å². The minimum Gasteiger partial charge on any atom is -0.399 e. The Balaban J connectivity index is 0.000000490. The minimum absolute atomic E-state index is 0. The smallest absolute Gasteiger partial charge is 0.0313 e. The fourth-order valence-electron chi connectivity index (χ4n) is 0.453. The Morgan fingerprint density at radius 3 is 1.75 bits per heavy atom. The van der Waals surface area contributed by atoms with Crippen molar-refractivity contribution in [2.75, 3.05) is 5.73 Å². The predicted molar refractivity (Wildman–Crippen MR) is 30.9 cm³/mol. The number of nitrogens with two attached hydrogens (primary N) is 1. The number of nitrogen functional groups attached to an aromatic ring is 1. The Labute approximate surface area is 58.8 Å². The Morgan fingerprint density at radius 2 is 1.50 bits per heavy atom. The van der Waals surface area contributed by atoms with Gasteiger partial charge in [0.15, 0.2) is 0 Å². The van der Waals surface area contributed by atoms with Crippen LogP contribution in [0.3, 0.4) is 0 Å². The molecule has 0 heterocycles. The van der Waals surface area contributed by atoms with Crippen molar-refractivity contribution in [2.45, 2.75) is 0 Å². The molecule has 0 saturated heterocycles. The van der Waals surface area contributed by atoms with Crippen molar-refractivity contribution in [1.82, 2.24) is 0 Å². The first-order valence-electron chi connectivity index (χ1n) is 2.20. The van der Waals surface area contributed by atoms with E-state index in [2.05, 4.69) is 0 Å². The molecule has 0 fully saturated rings. The molecule has 2 heteroatoms. The van der Waals surface area contributed by atoms with Gasteiger partial charge in [-0.25, -0.2) is 0 Å². The van der Waals surface area contributed by atoms with Crippen LogP contribution in [0.25, 0.3) is 0 Å². The summed E-state index contributed by atoms with van der Waals surface area (Å²) in [5.74, 6) is 0. The fourth-order valence-corrected chi connectivity index (χ4v) is 0.453. The molecule has 0 aliphatic heterocycles. The number of benzene rings is 1. The minimum atomic E-state index is 0. The van der Waals surface area contributed by atoms with Crippen LogP contribution in [0.2, 0.25) is 0 Å². The molecule has 1 nitrogen and oxygen atoms in total. The molecule has 0 unspecified atom stereocenters. The number of hydrogen-bond acceptors (Lipinski definition) is 1. The van der Waals surface area contributed by atoms with Gasteiger partial charge in [0.2, 0.25) is 0 Å². The van der Waals surface area contributed by atoms with Gasteiger partial charge >= 0.3 is 0 Å². The van der Waals surface area contributed by atoms with Crippen molar-refractivity contribution in [2.24, 2.45) is 0 Å². The molecule has 46 valence electrons. The van der Waals surface area contributed by atoms with Crippen LogP contribution in [-0.2, 0) is 16.5 Å². The van der Waals surface area contributed by atoms with Gasteiger partial charge in [-0.15, -0.1) is 0 Å². The molecule has 0 amide bonds. The maximum Gasteiger partial charge on any atom is 0.0313 e. The van der Waals surface area contributed by atoms with Gasteiger partial charge < -0.3 is 5.73 Å². The second-order valence-corrected chi connectivity index (χ2v) is 1.41. The van der Waals surface area contributed by atoms with Gasteiger partial charge in [-0.2, -0.15) is 0 Å². The predicted octanol–water partition coefficient (Wildman–Crippen LogP) is 1.27. The van der Waals surface area contributed by atoms with Crippen molar-refractivity contribution >= 4 is 5.69 Å². The molecule has 0 bridgehead atoms. The van der Waals surface area contributed by atoms with Crippen molar-refractivity contribution < 1.29 is 16.5 Å². The van der Waals surface area contributed by atoms with E-state index < -0.39 is 0 Å². The quantitative estimate of drug-likeness (QED) is 0.439. The van der Waals surface area contributed by atoms with Gasteiger partial charge in [0.25, 0.3) is 0 Å². The largest absolute Gasteiger partial charge is 0.399 e. The van der Waals surface area contributed by atoms with E-state index in [-0.39, 0.29) is 16.5 Å². The average Bonchev–Trinajstić information content (AvgIpc) is 1.69. The molecule has 0 saturated carbocycles. The summed E-state index contributed by atoms with van der Waals surface area (Å²) in [5.41, 5.74) is 6.18. The van der Waals surface area contributed by atoms with Crippen LogP contribution in [0.4, 0.5) is 5.69 Å². The van der Waals surface area contributed by atoms with Gasteiger partial charge in [0, 0.05) is 22.2 Å². The monoisotopic (exact) mass is 151 g/mol. The van der Waals surface area contributed by atoms with E-state index in [1.165, 1.54) is 0 Å². The molecule has 1 aromatic carbocycles. The van der Waals surface area contributed by atoms with Crippen LogP contribution in [-0.4, -0.2) is 0 Å². The van der Waals surface area contributed by atoms with E-state index in [4.69, 9.17) is 5.73 Å². The standard InChI is InChI=1S/C6H7N.Ni/c7-6-4-2-1-3-5-6;/h1-5H,7H2;. The summed E-state index contributed by atoms with van der Waals surface area (Å²) in [5, 5.41) is 0. The van der Waals surface area contributed by atoms with Crippen LogP contribution >= 0.6 is 0 Å². The topological polar surface area (TPSA) is 26.0 Å². The number of anilines is 1. The van der Waals surface area contributed by atoms with Crippen LogP contribution in [0, 0.1) is 0 Å². The first kappa shape index (κ1) is 7.51. The molecule has 0 aromatic heterocycles. The third-order valence-electron chi connectivity index (χ3n) is 0.800. The summed E-state index contributed by atoms with van der Waals surface area (Å²) in [6, 6.07) is 9.49. The summed E-state index contributed by atoms with van der Waals surface area (Å²) >= 11 is 0. The zero-order valence-corrected chi connectivity index (χ0v) is 5.27. The molecule has 1 rings (SSSR count). The molecule has 0 aliphatic carbocycles. The van der Waals surface area contributed by atoms with E-state index in [0.29, 0.717) is 0 Å². The zero-order chi connectivity index (χ0) is 5.11. The van der Waals surface area contributed by atoms with E-state index >= 15 is 0 Å². The van der Waals surface area contributed by atoms with E-state index in [0.717, 1.165) is 5.69 Å². The first-order chi connectivity index (χ1) is 3.39. The third-order valence-corrected chi connectivity index (χ3v) is 0.800. The maximum absolute atomic E-state index is 5.36. The summed E-state index contributed by atoms with van der Waals surface area (Å²) in [6.07, 6.45) is 0. The van der Waals surface area contributed by atoms with Crippen molar-refractivity contribution in [3.05, 3.63) is 30.3 Å².